The molecule has 0 fully saturated rings. The molecule has 1 unspecified atom stereocenters. The fourth-order valence-corrected chi connectivity index (χ4v) is 1.16. The van der Waals surface area contributed by atoms with Crippen LogP contribution in [-0.4, -0.2) is 11.1 Å². The molecular weight excluding hydrogens is 176 g/mol. The molecule has 1 aromatic carbocycles. The first kappa shape index (κ1) is 10.3. The minimum Gasteiger partial charge on any atom is -0.511 e. The summed E-state index contributed by atoms with van der Waals surface area (Å²) in [5.74, 6) is -0.0576. The molecular formula is C11H12N2O. The third-order valence-electron chi connectivity index (χ3n) is 2.01. The van der Waals surface area contributed by atoms with Crippen LogP contribution >= 0.6 is 0 Å². The van der Waals surface area contributed by atoms with Crippen molar-refractivity contribution in [1.82, 2.24) is 0 Å². The lowest BCUT2D eigenvalue weighted by atomic mass is 10.0. The number of hydrogen-bond acceptors (Lipinski definition) is 3. The Kier molecular flexibility index (Phi) is 3.27. The highest BCUT2D eigenvalue weighted by Crippen LogP contribution is 2.10. The Labute approximate surface area is 83.1 Å². The summed E-state index contributed by atoms with van der Waals surface area (Å²) in [5, 5.41) is 17.8. The van der Waals surface area contributed by atoms with Crippen LogP contribution in [-0.2, 0) is 6.42 Å². The van der Waals surface area contributed by atoms with Gasteiger partial charge in [0.2, 0.25) is 0 Å². The zero-order valence-corrected chi connectivity index (χ0v) is 7.77. The predicted molar refractivity (Wildman–Crippen MR) is 54.6 cm³/mol. The molecule has 0 spiro atoms. The van der Waals surface area contributed by atoms with Crippen molar-refractivity contribution >= 4 is 0 Å². The zero-order chi connectivity index (χ0) is 10.6. The lowest BCUT2D eigenvalue weighted by molar-refractivity contribution is 0.368. The molecule has 0 saturated heterocycles. The quantitative estimate of drug-likeness (QED) is 0.706. The first-order chi connectivity index (χ1) is 6.65. The van der Waals surface area contributed by atoms with Gasteiger partial charge in [-0.25, -0.2) is 0 Å². The Balaban J connectivity index is 2.87. The van der Waals surface area contributed by atoms with Crippen molar-refractivity contribution < 1.29 is 5.11 Å². The molecule has 0 aliphatic carbocycles. The van der Waals surface area contributed by atoms with Gasteiger partial charge < -0.3 is 10.8 Å². The van der Waals surface area contributed by atoms with Crippen LogP contribution in [0.3, 0.4) is 0 Å². The molecule has 0 radical (unpaired) electrons. The Morgan fingerprint density at radius 2 is 2.21 bits per heavy atom. The first-order valence-electron chi connectivity index (χ1n) is 4.26. The number of nitriles is 1. The highest BCUT2D eigenvalue weighted by atomic mass is 16.3. The normalized spacial score (nSPS) is 11.7. The number of aliphatic hydroxyl groups is 1. The van der Waals surface area contributed by atoms with Crippen LogP contribution < -0.4 is 5.73 Å². The third kappa shape index (κ3) is 2.35. The predicted octanol–water partition coefficient (Wildman–Crippen LogP) is 1.50. The largest absolute Gasteiger partial charge is 0.511 e. The lowest BCUT2D eigenvalue weighted by Gasteiger charge is -2.10. The van der Waals surface area contributed by atoms with Crippen LogP contribution in [0.1, 0.15) is 11.1 Å². The molecule has 72 valence electrons. The maximum Gasteiger partial charge on any atom is 0.102 e. The molecule has 0 heterocycles. The SMILES string of the molecule is C=C(O)C(N)Cc1ccccc1C#N. The highest BCUT2D eigenvalue weighted by molar-refractivity contribution is 5.38. The maximum absolute atomic E-state index is 9.04. The number of benzene rings is 1. The molecule has 1 aromatic rings. The minimum atomic E-state index is -0.510. The van der Waals surface area contributed by atoms with E-state index < -0.39 is 6.04 Å². The molecule has 0 amide bonds. The second kappa shape index (κ2) is 4.45. The molecule has 0 aromatic heterocycles. The fraction of sp³-hybridized carbons (Fsp3) is 0.182. The number of aliphatic hydroxyl groups excluding tert-OH is 1. The lowest BCUT2D eigenvalue weighted by Crippen LogP contribution is -2.25. The van der Waals surface area contributed by atoms with Gasteiger partial charge in [0, 0.05) is 0 Å². The van der Waals surface area contributed by atoms with Crippen molar-refractivity contribution in [2.75, 3.05) is 0 Å². The van der Waals surface area contributed by atoms with Gasteiger partial charge in [0.1, 0.15) is 5.76 Å². The van der Waals surface area contributed by atoms with E-state index in [0.717, 1.165) is 5.56 Å². The molecule has 3 N–H and O–H groups in total. The Morgan fingerprint density at radius 3 is 2.79 bits per heavy atom. The van der Waals surface area contributed by atoms with E-state index in [-0.39, 0.29) is 5.76 Å². The van der Waals surface area contributed by atoms with Crippen molar-refractivity contribution in [2.24, 2.45) is 5.73 Å². The zero-order valence-electron chi connectivity index (χ0n) is 7.77. The van der Waals surface area contributed by atoms with E-state index >= 15 is 0 Å². The van der Waals surface area contributed by atoms with E-state index in [1.54, 1.807) is 12.1 Å². The van der Waals surface area contributed by atoms with E-state index in [0.29, 0.717) is 12.0 Å². The molecule has 0 bridgehead atoms. The molecule has 14 heavy (non-hydrogen) atoms. The summed E-state index contributed by atoms with van der Waals surface area (Å²) in [6, 6.07) is 8.74. The van der Waals surface area contributed by atoms with Crippen LogP contribution in [0.2, 0.25) is 0 Å². The van der Waals surface area contributed by atoms with Crippen LogP contribution in [0.4, 0.5) is 0 Å². The van der Waals surface area contributed by atoms with Gasteiger partial charge in [-0.15, -0.1) is 0 Å². The topological polar surface area (TPSA) is 70.0 Å². The monoisotopic (exact) mass is 188 g/mol. The summed E-state index contributed by atoms with van der Waals surface area (Å²) in [5.41, 5.74) is 7.03. The van der Waals surface area contributed by atoms with E-state index in [4.69, 9.17) is 16.1 Å². The number of hydrogen-bond donors (Lipinski definition) is 2. The number of nitrogens with zero attached hydrogens (tertiary/aromatic N) is 1. The van der Waals surface area contributed by atoms with E-state index in [9.17, 15) is 0 Å². The molecule has 0 aliphatic rings. The molecule has 1 rings (SSSR count). The van der Waals surface area contributed by atoms with Crippen LogP contribution in [0, 0.1) is 11.3 Å². The summed E-state index contributed by atoms with van der Waals surface area (Å²) >= 11 is 0. The number of rotatable bonds is 3. The Hall–Kier alpha value is -1.79. The van der Waals surface area contributed by atoms with Gasteiger partial charge in [0.15, 0.2) is 0 Å². The van der Waals surface area contributed by atoms with Gasteiger partial charge in [0.05, 0.1) is 17.7 Å². The van der Waals surface area contributed by atoms with Crippen LogP contribution in [0.5, 0.6) is 0 Å². The molecule has 3 nitrogen and oxygen atoms in total. The van der Waals surface area contributed by atoms with Gasteiger partial charge in [-0.05, 0) is 18.1 Å². The Bertz CT molecular complexity index is 379. The van der Waals surface area contributed by atoms with Gasteiger partial charge in [-0.2, -0.15) is 5.26 Å². The summed E-state index contributed by atoms with van der Waals surface area (Å²) in [7, 11) is 0. The maximum atomic E-state index is 9.04. The molecule has 0 saturated carbocycles. The molecule has 1 atom stereocenters. The summed E-state index contributed by atoms with van der Waals surface area (Å²) in [6.07, 6.45) is 0.430. The van der Waals surface area contributed by atoms with Crippen molar-refractivity contribution in [3.05, 3.63) is 47.7 Å². The first-order valence-corrected chi connectivity index (χ1v) is 4.26. The summed E-state index contributed by atoms with van der Waals surface area (Å²) in [6.45, 7) is 3.35. The van der Waals surface area contributed by atoms with E-state index in [2.05, 4.69) is 12.6 Å². The van der Waals surface area contributed by atoms with Gasteiger partial charge in [-0.3, -0.25) is 0 Å². The minimum absolute atomic E-state index is 0.0576. The third-order valence-corrected chi connectivity index (χ3v) is 2.01. The molecule has 3 heteroatoms. The second-order valence-electron chi connectivity index (χ2n) is 3.07. The van der Waals surface area contributed by atoms with E-state index in [1.165, 1.54) is 0 Å². The van der Waals surface area contributed by atoms with Crippen LogP contribution in [0.25, 0.3) is 0 Å². The fourth-order valence-electron chi connectivity index (χ4n) is 1.16. The summed E-state index contributed by atoms with van der Waals surface area (Å²) < 4.78 is 0. The van der Waals surface area contributed by atoms with Crippen molar-refractivity contribution in [3.63, 3.8) is 0 Å². The average molecular weight is 188 g/mol. The van der Waals surface area contributed by atoms with Gasteiger partial charge >= 0.3 is 0 Å². The second-order valence-corrected chi connectivity index (χ2v) is 3.07. The number of nitrogens with two attached hydrogens (primary N) is 1. The summed E-state index contributed by atoms with van der Waals surface area (Å²) in [4.78, 5) is 0. The average Bonchev–Trinajstić information content (AvgIpc) is 2.18. The van der Waals surface area contributed by atoms with Crippen molar-refractivity contribution in [1.29, 1.82) is 5.26 Å². The van der Waals surface area contributed by atoms with Gasteiger partial charge in [-0.1, -0.05) is 24.8 Å². The standard InChI is InChI=1S/C11H12N2O/c1-8(14)11(13)6-9-4-2-3-5-10(9)7-12/h2-5,11,14H,1,6,13H2. The van der Waals surface area contributed by atoms with Gasteiger partial charge in [0.25, 0.3) is 0 Å². The Morgan fingerprint density at radius 1 is 1.57 bits per heavy atom. The smallest absolute Gasteiger partial charge is 0.102 e. The van der Waals surface area contributed by atoms with Crippen LogP contribution in [0.15, 0.2) is 36.6 Å². The van der Waals surface area contributed by atoms with E-state index in [1.807, 2.05) is 12.1 Å². The van der Waals surface area contributed by atoms with Crippen molar-refractivity contribution in [2.45, 2.75) is 12.5 Å². The van der Waals surface area contributed by atoms with Crippen molar-refractivity contribution in [3.8, 4) is 6.07 Å². The highest BCUT2D eigenvalue weighted by Gasteiger charge is 2.09. The molecule has 0 aliphatic heterocycles.